The van der Waals surface area contributed by atoms with E-state index in [-0.39, 0.29) is 17.7 Å². The number of carbonyl (C=O) groups excluding carboxylic acids is 2. The first-order valence-electron chi connectivity index (χ1n) is 11.1. The predicted molar refractivity (Wildman–Crippen MR) is 129 cm³/mol. The third-order valence-corrected chi connectivity index (χ3v) is 6.32. The molecule has 0 aliphatic carbocycles. The largest absolute Gasteiger partial charge is 0.342 e. The lowest BCUT2D eigenvalue weighted by Crippen LogP contribution is -2.44. The van der Waals surface area contributed by atoms with Gasteiger partial charge in [-0.15, -0.1) is 0 Å². The number of rotatable bonds is 6. The maximum absolute atomic E-state index is 13.0. The van der Waals surface area contributed by atoms with Crippen LogP contribution in [0, 0.1) is 24.5 Å². The molecule has 0 bridgehead atoms. The maximum Gasteiger partial charge on any atom is 0.230 e. The quantitative estimate of drug-likeness (QED) is 0.540. The van der Waals surface area contributed by atoms with Gasteiger partial charge in [0.2, 0.25) is 11.8 Å². The lowest BCUT2D eigenvalue weighted by atomic mass is 9.96. The number of pyridine rings is 1. The molecule has 2 amide bonds. The van der Waals surface area contributed by atoms with E-state index in [4.69, 9.17) is 12.2 Å². The van der Waals surface area contributed by atoms with Crippen LogP contribution in [-0.2, 0) is 16.1 Å². The summed E-state index contributed by atoms with van der Waals surface area (Å²) in [5.74, 6) is 0.967. The van der Waals surface area contributed by atoms with E-state index < -0.39 is 0 Å². The smallest absolute Gasteiger partial charge is 0.230 e. The molecule has 3 heterocycles. The molecule has 0 radical (unpaired) electrons. The van der Waals surface area contributed by atoms with Crippen molar-refractivity contribution in [1.29, 1.82) is 0 Å². The van der Waals surface area contributed by atoms with Gasteiger partial charge in [0.25, 0.3) is 0 Å². The maximum atomic E-state index is 13.0. The molecule has 0 saturated carbocycles. The number of anilines is 1. The first kappa shape index (κ1) is 22.8. The Bertz CT molecular complexity index is 1200. The molecule has 172 valence electrons. The zero-order chi connectivity index (χ0) is 23.4. The molecule has 2 N–H and O–H groups in total. The average Bonchev–Trinajstić information content (AvgIpc) is 3.19. The van der Waals surface area contributed by atoms with Gasteiger partial charge < -0.3 is 10.2 Å². The van der Waals surface area contributed by atoms with Crippen LogP contribution >= 0.6 is 12.2 Å². The van der Waals surface area contributed by atoms with E-state index >= 15 is 0 Å². The highest BCUT2D eigenvalue weighted by molar-refractivity contribution is 7.71. The molecule has 33 heavy (non-hydrogen) atoms. The summed E-state index contributed by atoms with van der Waals surface area (Å²) in [6, 6.07) is 11.8. The molecule has 1 fully saturated rings. The molecular weight excluding hydrogens is 436 g/mol. The number of benzene rings is 1. The number of nitrogens with one attached hydrogen (secondary N) is 2. The first-order chi connectivity index (χ1) is 15.9. The van der Waals surface area contributed by atoms with Crippen LogP contribution in [-0.4, -0.2) is 49.6 Å². The van der Waals surface area contributed by atoms with E-state index in [2.05, 4.69) is 20.5 Å². The highest BCUT2D eigenvalue weighted by Gasteiger charge is 2.29. The number of amides is 2. The van der Waals surface area contributed by atoms with E-state index in [0.29, 0.717) is 36.6 Å². The van der Waals surface area contributed by atoms with E-state index in [1.165, 1.54) is 0 Å². The van der Waals surface area contributed by atoms with E-state index in [0.717, 1.165) is 35.4 Å². The zero-order valence-electron chi connectivity index (χ0n) is 18.9. The van der Waals surface area contributed by atoms with E-state index in [1.54, 1.807) is 11.1 Å². The van der Waals surface area contributed by atoms with Gasteiger partial charge in [-0.1, -0.05) is 35.9 Å². The highest BCUT2D eigenvalue weighted by Crippen LogP contribution is 2.21. The van der Waals surface area contributed by atoms with Crippen molar-refractivity contribution in [3.8, 4) is 11.4 Å². The molecule has 0 spiro atoms. The molecule has 1 saturated heterocycles. The van der Waals surface area contributed by atoms with Gasteiger partial charge in [0.15, 0.2) is 10.6 Å². The Labute approximate surface area is 198 Å². The van der Waals surface area contributed by atoms with Gasteiger partial charge in [-0.25, -0.2) is 4.98 Å². The minimum absolute atomic E-state index is 0.0134. The van der Waals surface area contributed by atoms with E-state index in [1.807, 2.05) is 54.8 Å². The summed E-state index contributed by atoms with van der Waals surface area (Å²) in [5, 5.41) is 10.1. The van der Waals surface area contributed by atoms with Crippen molar-refractivity contribution in [1.82, 2.24) is 24.6 Å². The second-order valence-electron chi connectivity index (χ2n) is 8.46. The third kappa shape index (κ3) is 5.36. The molecule has 9 heteroatoms. The highest BCUT2D eigenvalue weighted by atomic mass is 32.1. The molecular formula is C24H28N6O2S. The van der Waals surface area contributed by atoms with Gasteiger partial charge >= 0.3 is 0 Å². The minimum atomic E-state index is -0.247. The Morgan fingerprint density at radius 2 is 2.00 bits per heavy atom. The van der Waals surface area contributed by atoms with Crippen LogP contribution in [0.3, 0.4) is 0 Å². The molecule has 1 aliphatic rings. The first-order valence-corrected chi connectivity index (χ1v) is 11.6. The molecule has 3 aromatic rings. The number of hydrogen-bond donors (Lipinski definition) is 2. The third-order valence-electron chi connectivity index (χ3n) is 6.01. The monoisotopic (exact) mass is 464 g/mol. The van der Waals surface area contributed by atoms with Crippen molar-refractivity contribution in [2.24, 2.45) is 5.92 Å². The molecule has 1 aromatic carbocycles. The van der Waals surface area contributed by atoms with Gasteiger partial charge in [-0.05, 0) is 50.5 Å². The number of hydrogen-bond acceptors (Lipinski definition) is 5. The lowest BCUT2D eigenvalue weighted by Gasteiger charge is -2.32. The van der Waals surface area contributed by atoms with Crippen LogP contribution in [0.15, 0.2) is 42.6 Å². The summed E-state index contributed by atoms with van der Waals surface area (Å²) >= 11 is 5.39. The van der Waals surface area contributed by atoms with Gasteiger partial charge in [-0.2, -0.15) is 5.10 Å². The summed E-state index contributed by atoms with van der Waals surface area (Å²) < 4.78 is 2.34. The average molecular weight is 465 g/mol. The van der Waals surface area contributed by atoms with Crippen molar-refractivity contribution < 1.29 is 9.59 Å². The van der Waals surface area contributed by atoms with Crippen LogP contribution in [0.5, 0.6) is 0 Å². The van der Waals surface area contributed by atoms with Gasteiger partial charge in [0.05, 0.1) is 5.92 Å². The van der Waals surface area contributed by atoms with Crippen LogP contribution < -0.4 is 5.32 Å². The van der Waals surface area contributed by atoms with E-state index in [9.17, 15) is 9.59 Å². The number of H-pyrrole nitrogens is 1. The van der Waals surface area contributed by atoms with Crippen molar-refractivity contribution in [2.45, 2.75) is 39.7 Å². The number of aromatic amines is 1. The number of piperidine rings is 1. The Morgan fingerprint density at radius 1 is 1.21 bits per heavy atom. The summed E-state index contributed by atoms with van der Waals surface area (Å²) in [6.45, 7) is 5.44. The topological polar surface area (TPSA) is 95.9 Å². The molecule has 8 nitrogen and oxygen atoms in total. The Morgan fingerprint density at radius 3 is 2.76 bits per heavy atom. The number of nitrogens with zero attached hydrogens (tertiary/aromatic N) is 4. The fourth-order valence-corrected chi connectivity index (χ4v) is 4.29. The summed E-state index contributed by atoms with van der Waals surface area (Å²) in [4.78, 5) is 31.8. The molecule has 4 rings (SSSR count). The number of carbonyl (C=O) groups is 2. The lowest BCUT2D eigenvalue weighted by molar-refractivity contribution is -0.134. The number of aromatic nitrogens is 4. The molecule has 1 atom stereocenters. The second-order valence-corrected chi connectivity index (χ2v) is 8.84. The SMILES string of the molecule is Cc1ccc(-c2n[nH]c(=S)n2CCC(=O)N2CCCC(C(=O)Nc3ncccc3C)C2)cc1. The van der Waals surface area contributed by atoms with Crippen LogP contribution in [0.4, 0.5) is 5.82 Å². The molecule has 2 aromatic heterocycles. The summed E-state index contributed by atoms with van der Waals surface area (Å²) in [5.41, 5.74) is 3.02. The van der Waals surface area contributed by atoms with Crippen molar-refractivity contribution >= 4 is 29.9 Å². The normalized spacial score (nSPS) is 15.9. The predicted octanol–water partition coefficient (Wildman–Crippen LogP) is 3.89. The van der Waals surface area contributed by atoms with Crippen LogP contribution in [0.25, 0.3) is 11.4 Å². The van der Waals surface area contributed by atoms with Crippen molar-refractivity contribution in [3.05, 3.63) is 58.5 Å². The Kier molecular flexibility index (Phi) is 6.98. The summed E-state index contributed by atoms with van der Waals surface area (Å²) in [7, 11) is 0. The van der Waals surface area contributed by atoms with Crippen molar-refractivity contribution in [3.63, 3.8) is 0 Å². The van der Waals surface area contributed by atoms with Gasteiger partial charge in [-0.3, -0.25) is 19.3 Å². The standard InChI is InChI=1S/C24H28N6O2S/c1-16-7-9-18(10-8-16)22-27-28-24(33)30(22)14-11-20(31)29-13-4-6-19(15-29)23(32)26-21-17(2)5-3-12-25-21/h3,5,7-10,12,19H,4,6,11,13-15H2,1-2H3,(H,28,33)(H,25,26,32). The fourth-order valence-electron chi connectivity index (χ4n) is 4.07. The summed E-state index contributed by atoms with van der Waals surface area (Å²) in [6.07, 6.45) is 3.50. The Balaban J connectivity index is 1.38. The van der Waals surface area contributed by atoms with Gasteiger partial charge in [0.1, 0.15) is 5.82 Å². The van der Waals surface area contributed by atoms with Crippen LogP contribution in [0.2, 0.25) is 0 Å². The second kappa shape index (κ2) is 10.1. The van der Waals surface area contributed by atoms with Crippen LogP contribution in [0.1, 0.15) is 30.4 Å². The molecule has 1 unspecified atom stereocenters. The number of aryl methyl sites for hydroxylation is 2. The fraction of sp³-hybridized carbons (Fsp3) is 0.375. The molecule has 1 aliphatic heterocycles. The van der Waals surface area contributed by atoms with Crippen molar-refractivity contribution in [2.75, 3.05) is 18.4 Å². The Hall–Kier alpha value is -3.33. The zero-order valence-corrected chi connectivity index (χ0v) is 19.7. The van der Waals surface area contributed by atoms with Gasteiger partial charge in [0, 0.05) is 37.8 Å². The number of likely N-dealkylation sites (tertiary alicyclic amines) is 1. The minimum Gasteiger partial charge on any atom is -0.342 e.